The van der Waals surface area contributed by atoms with Crippen LogP contribution in [0.4, 0.5) is 8.78 Å². The molecule has 3 aromatic rings. The average molecular weight is 458 g/mol. The molecule has 1 aliphatic heterocycles. The second-order valence-electron chi connectivity index (χ2n) is 6.36. The average Bonchev–Trinajstić information content (AvgIpc) is 3.29. The predicted octanol–water partition coefficient (Wildman–Crippen LogP) is 0.142. The Hall–Kier alpha value is -1.60. The number of aryl methyl sites for hydroxylation is 1. The first kappa shape index (κ1) is 23.1. The van der Waals surface area contributed by atoms with Gasteiger partial charge in [0.05, 0.1) is 17.8 Å². The van der Waals surface area contributed by atoms with Crippen LogP contribution >= 0.6 is 11.6 Å². The second kappa shape index (κ2) is 9.26. The zero-order valence-corrected chi connectivity index (χ0v) is 20.0. The van der Waals surface area contributed by atoms with Crippen LogP contribution in [0.2, 0.25) is 5.02 Å². The molecule has 1 amide bonds. The van der Waals surface area contributed by atoms with Crippen molar-refractivity contribution >= 4 is 34.2 Å². The number of aromatic nitrogens is 2. The summed E-state index contributed by atoms with van der Waals surface area (Å²) in [6.07, 6.45) is 0. The number of hydrazone groups is 1. The number of nitrogens with zero attached hydrogens (tertiary/aromatic N) is 5. The number of carbonyl (C=O) groups is 1. The van der Waals surface area contributed by atoms with Crippen molar-refractivity contribution in [2.24, 2.45) is 10.8 Å². The van der Waals surface area contributed by atoms with Crippen LogP contribution < -0.4 is 62.7 Å². The number of nitrogens with one attached hydrogen (secondary N) is 1. The third kappa shape index (κ3) is 4.37. The molecule has 0 radical (unpaired) electrons. The van der Waals surface area contributed by atoms with Crippen molar-refractivity contribution in [2.75, 3.05) is 0 Å². The topological polar surface area (TPSA) is 103 Å². The fraction of sp³-hybridized carbons (Fsp3) is 0.167. The number of hydrogen-bond acceptors (Lipinski definition) is 5. The van der Waals surface area contributed by atoms with Gasteiger partial charge in [0.15, 0.2) is 0 Å². The Morgan fingerprint density at radius 3 is 2.77 bits per heavy atom. The van der Waals surface area contributed by atoms with Gasteiger partial charge in [-0.25, -0.2) is 0 Å². The zero-order chi connectivity index (χ0) is 20.7. The summed E-state index contributed by atoms with van der Waals surface area (Å²) < 4.78 is 27.2. The van der Waals surface area contributed by atoms with Gasteiger partial charge in [-0.1, -0.05) is 29.8 Å². The summed E-state index contributed by atoms with van der Waals surface area (Å²) in [4.78, 5) is 11.8. The van der Waals surface area contributed by atoms with E-state index >= 15 is 0 Å². The number of hydrazine groups is 1. The largest absolute Gasteiger partial charge is 1.00 e. The van der Waals surface area contributed by atoms with Gasteiger partial charge in [0, 0.05) is 21.5 Å². The van der Waals surface area contributed by atoms with Crippen molar-refractivity contribution in [2.45, 2.75) is 20.0 Å². The number of amidine groups is 1. The van der Waals surface area contributed by atoms with Gasteiger partial charge in [0.25, 0.3) is 0 Å². The molecular formula is C18H15ClF2KN7O. The molecule has 0 unspecified atom stereocenters. The molecule has 150 valence electrons. The minimum atomic E-state index is -2.82. The Bertz CT molecular complexity index is 1150. The summed E-state index contributed by atoms with van der Waals surface area (Å²) in [5, 5.41) is 9.97. The Balaban J connectivity index is 0.00000256. The minimum Gasteiger partial charge on any atom is -0.374 e. The SMILES string of the molecule is Cc1nn(Cc2c(Cl)cccc2C(N)=O)c2cc(C3=NNN(C(F)F)[N-]3)ccc12.[K+]. The van der Waals surface area contributed by atoms with Crippen LogP contribution in [0.5, 0.6) is 0 Å². The van der Waals surface area contributed by atoms with Gasteiger partial charge in [-0.3, -0.25) is 9.48 Å². The van der Waals surface area contributed by atoms with E-state index in [0.29, 0.717) is 32.3 Å². The van der Waals surface area contributed by atoms with Gasteiger partial charge in [0.1, 0.15) is 0 Å². The van der Waals surface area contributed by atoms with Gasteiger partial charge in [-0.2, -0.15) is 13.9 Å². The van der Waals surface area contributed by atoms with Crippen molar-refractivity contribution < 1.29 is 65.0 Å². The molecule has 0 atom stereocenters. The molecule has 8 nitrogen and oxygen atoms in total. The van der Waals surface area contributed by atoms with Crippen LogP contribution in [-0.4, -0.2) is 33.2 Å². The molecule has 12 heteroatoms. The fourth-order valence-electron chi connectivity index (χ4n) is 3.15. The summed E-state index contributed by atoms with van der Waals surface area (Å²) in [5.74, 6) is -0.471. The number of benzene rings is 2. The molecule has 30 heavy (non-hydrogen) atoms. The molecule has 4 rings (SSSR count). The third-order valence-electron chi connectivity index (χ3n) is 4.53. The number of carbonyl (C=O) groups excluding carboxylic acids is 1. The Kier molecular flexibility index (Phi) is 7.12. The minimum absolute atomic E-state index is 0. The van der Waals surface area contributed by atoms with Gasteiger partial charge in [-0.15, -0.1) is 5.12 Å². The molecule has 0 spiro atoms. The molecule has 0 aliphatic carbocycles. The van der Waals surface area contributed by atoms with Gasteiger partial charge >= 0.3 is 57.9 Å². The van der Waals surface area contributed by atoms with Crippen molar-refractivity contribution in [3.8, 4) is 0 Å². The number of alkyl halides is 2. The summed E-state index contributed by atoms with van der Waals surface area (Å²) >= 11 is 6.29. The monoisotopic (exact) mass is 457 g/mol. The molecule has 1 aromatic heterocycles. The van der Waals surface area contributed by atoms with Crippen LogP contribution in [0, 0.1) is 6.92 Å². The number of hydrogen-bond donors (Lipinski definition) is 2. The number of rotatable bonds is 5. The van der Waals surface area contributed by atoms with Crippen molar-refractivity contribution in [1.82, 2.24) is 20.4 Å². The standard InChI is InChI=1S/C18H16ClF2N7O.K/c1-9-11-6-5-10(17-23-26-28(25-17)18(20)21)7-15(11)27(24-9)8-13-12(16(22)29)3-2-4-14(13)19;/h2-7,18H,8H2,1H3,(H4,22,23,24,25,26,29);/q;+1/p-1. The van der Waals surface area contributed by atoms with Crippen molar-refractivity contribution in [1.29, 1.82) is 0 Å². The number of fused-ring (bicyclic) bond motifs is 1. The zero-order valence-electron chi connectivity index (χ0n) is 16.1. The van der Waals surface area contributed by atoms with Gasteiger partial charge < -0.3 is 21.8 Å². The van der Waals surface area contributed by atoms with Crippen LogP contribution in [0.1, 0.15) is 27.2 Å². The second-order valence-corrected chi connectivity index (χ2v) is 6.77. The van der Waals surface area contributed by atoms with Crippen LogP contribution in [0.25, 0.3) is 16.3 Å². The molecule has 1 aliphatic rings. The summed E-state index contributed by atoms with van der Waals surface area (Å²) in [7, 11) is 0. The maximum absolute atomic E-state index is 12.8. The third-order valence-corrected chi connectivity index (χ3v) is 4.89. The van der Waals surface area contributed by atoms with E-state index in [0.717, 1.165) is 11.1 Å². The van der Waals surface area contributed by atoms with E-state index in [4.69, 9.17) is 17.3 Å². The quantitative estimate of drug-likeness (QED) is 0.420. The first-order valence-electron chi connectivity index (χ1n) is 8.52. The molecule has 0 bridgehead atoms. The van der Waals surface area contributed by atoms with E-state index in [-0.39, 0.29) is 63.8 Å². The maximum Gasteiger partial charge on any atom is 1.00 e. The van der Waals surface area contributed by atoms with E-state index in [2.05, 4.69) is 21.2 Å². The number of amides is 1. The maximum atomic E-state index is 12.8. The Morgan fingerprint density at radius 2 is 2.10 bits per heavy atom. The first-order valence-corrected chi connectivity index (χ1v) is 8.90. The van der Waals surface area contributed by atoms with Crippen LogP contribution in [-0.2, 0) is 6.54 Å². The molecule has 0 saturated heterocycles. The van der Waals surface area contributed by atoms with E-state index < -0.39 is 12.5 Å². The molecule has 2 heterocycles. The van der Waals surface area contributed by atoms with Gasteiger partial charge in [0.2, 0.25) is 5.91 Å². The normalized spacial score (nSPS) is 13.7. The van der Waals surface area contributed by atoms with E-state index in [1.54, 1.807) is 35.0 Å². The van der Waals surface area contributed by atoms with E-state index in [9.17, 15) is 13.6 Å². The predicted molar refractivity (Wildman–Crippen MR) is 104 cm³/mol. The summed E-state index contributed by atoms with van der Waals surface area (Å²) in [5.41, 5.74) is 14.2. The fourth-order valence-corrected chi connectivity index (χ4v) is 3.39. The Labute approximate surface area is 217 Å². The van der Waals surface area contributed by atoms with Gasteiger partial charge in [-0.05, 0) is 36.5 Å². The van der Waals surface area contributed by atoms with E-state index in [1.807, 2.05) is 13.0 Å². The molecule has 3 N–H and O–H groups in total. The Morgan fingerprint density at radius 1 is 1.33 bits per heavy atom. The number of nitrogens with two attached hydrogens (primary N) is 1. The first-order chi connectivity index (χ1) is 13.8. The number of primary amides is 1. The van der Waals surface area contributed by atoms with E-state index in [1.165, 1.54) is 0 Å². The molecule has 0 fully saturated rings. The van der Waals surface area contributed by atoms with Crippen LogP contribution in [0.3, 0.4) is 0 Å². The van der Waals surface area contributed by atoms with Crippen molar-refractivity contribution in [3.63, 3.8) is 0 Å². The molecule has 2 aromatic carbocycles. The summed E-state index contributed by atoms with van der Waals surface area (Å²) in [6.45, 7) is -0.769. The smallest absolute Gasteiger partial charge is 0.374 e. The van der Waals surface area contributed by atoms with Crippen molar-refractivity contribution in [3.05, 3.63) is 69.2 Å². The molecule has 0 saturated carbocycles. The number of halogens is 3. The molecular weight excluding hydrogens is 443 g/mol. The van der Waals surface area contributed by atoms with Crippen LogP contribution in [0.15, 0.2) is 41.5 Å². The summed E-state index contributed by atoms with van der Waals surface area (Å²) in [6, 6.07) is 10.2.